The molecule has 0 spiro atoms. The molecule has 304 valence electrons. The monoisotopic (exact) mass is 805 g/mol. The number of unbranched alkanes of at least 4 members (excludes halogenated alkanes) is 2. The Morgan fingerprint density at radius 1 is 0.678 bits per heavy atom. The molecule has 0 amide bonds. The van der Waals surface area contributed by atoms with E-state index in [4.69, 9.17) is 0 Å². The molecule has 0 unspecified atom stereocenters. The summed E-state index contributed by atoms with van der Waals surface area (Å²) in [6, 6.07) is 34.8. The molecule has 0 saturated heterocycles. The van der Waals surface area contributed by atoms with Crippen molar-refractivity contribution in [3.63, 3.8) is 0 Å². The van der Waals surface area contributed by atoms with Crippen molar-refractivity contribution < 1.29 is 23.2 Å². The Bertz CT molecular complexity index is 2680. The van der Waals surface area contributed by atoms with E-state index >= 15 is 0 Å². The molecule has 0 atom stereocenters. The standard InChI is InChI=1S/C52H57N2O4S/c1-51(2)46(53(33-12-14-35-55)44-29-25-37-17-8-10-23-42(37)48(44)51)31-27-39-19-16-20-40(50(39)59(57,58)41-21-6-5-7-22-41)28-32-47-52(3,4)49-43-24-11-9-18-38(43)26-30-45(49)54(47)34-13-15-36-56/h5-11,17-18,21-32,55-56H,12-16,19-20,33-36H2,1-4H3/q+1. The number of allylic oxidation sites excluding steroid dienone is 7. The number of rotatable bonds is 13. The van der Waals surface area contributed by atoms with E-state index in [9.17, 15) is 18.6 Å². The van der Waals surface area contributed by atoms with Gasteiger partial charge in [0.2, 0.25) is 15.5 Å². The molecule has 2 N–H and O–H groups in total. The lowest BCUT2D eigenvalue weighted by molar-refractivity contribution is -0.438. The Labute approximate surface area is 350 Å². The van der Waals surface area contributed by atoms with Crippen LogP contribution in [-0.4, -0.2) is 55.2 Å². The molecule has 8 rings (SSSR count). The Hall–Kier alpha value is -5.08. The van der Waals surface area contributed by atoms with Crippen LogP contribution in [-0.2, 0) is 20.7 Å². The molecular formula is C52H57N2O4S+. The maximum atomic E-state index is 15.0. The quantitative estimate of drug-likeness (QED) is 0.0915. The first-order chi connectivity index (χ1) is 28.5. The normalized spacial score (nSPS) is 18.9. The Balaban J connectivity index is 1.28. The second-order valence-corrected chi connectivity index (χ2v) is 19.1. The summed E-state index contributed by atoms with van der Waals surface area (Å²) >= 11 is 0. The molecule has 2 aliphatic heterocycles. The Kier molecular flexibility index (Phi) is 11.4. The summed E-state index contributed by atoms with van der Waals surface area (Å²) in [7, 11) is -3.90. The molecular weight excluding hydrogens is 749 g/mol. The molecule has 0 fully saturated rings. The number of hydrogen-bond acceptors (Lipinski definition) is 5. The molecule has 0 radical (unpaired) electrons. The van der Waals surface area contributed by atoms with Gasteiger partial charge in [0.25, 0.3) is 0 Å². The highest BCUT2D eigenvalue weighted by Crippen LogP contribution is 2.51. The highest BCUT2D eigenvalue weighted by atomic mass is 32.2. The second-order valence-electron chi connectivity index (χ2n) is 17.3. The largest absolute Gasteiger partial charge is 0.396 e. The van der Waals surface area contributed by atoms with E-state index in [1.165, 1.54) is 44.0 Å². The van der Waals surface area contributed by atoms with E-state index < -0.39 is 9.84 Å². The van der Waals surface area contributed by atoms with Crippen molar-refractivity contribution >= 4 is 48.5 Å². The average molecular weight is 806 g/mol. The lowest BCUT2D eigenvalue weighted by Gasteiger charge is -2.28. The highest BCUT2D eigenvalue weighted by Gasteiger charge is 2.46. The van der Waals surface area contributed by atoms with Crippen LogP contribution in [0.3, 0.4) is 0 Å². The van der Waals surface area contributed by atoms with Gasteiger partial charge in [-0.05, 0) is 121 Å². The SMILES string of the molecule is CC1(C)C(/C=C/C2=C(S(=O)(=O)c3ccccc3)C(=C/C=C3/N(CCCCO)c4ccc5ccccc5c4C3(C)C)/CCC2)=[N+](CCCCO)c2ccc3ccccc3c21. The minimum Gasteiger partial charge on any atom is -0.396 e. The summed E-state index contributed by atoms with van der Waals surface area (Å²) in [5, 5.41) is 24.3. The maximum absolute atomic E-state index is 15.0. The zero-order chi connectivity index (χ0) is 41.4. The summed E-state index contributed by atoms with van der Waals surface area (Å²) in [5.74, 6) is 0. The van der Waals surface area contributed by atoms with Crippen LogP contribution in [0.5, 0.6) is 0 Å². The van der Waals surface area contributed by atoms with Gasteiger partial charge in [0, 0.05) is 60.7 Å². The van der Waals surface area contributed by atoms with Crippen LogP contribution in [0.15, 0.2) is 154 Å². The molecule has 6 nitrogen and oxygen atoms in total. The van der Waals surface area contributed by atoms with Gasteiger partial charge in [-0.3, -0.25) is 0 Å². The first kappa shape index (κ1) is 40.7. The minimum absolute atomic E-state index is 0.145. The van der Waals surface area contributed by atoms with Gasteiger partial charge < -0.3 is 15.1 Å². The minimum atomic E-state index is -3.90. The Morgan fingerprint density at radius 2 is 1.32 bits per heavy atom. The number of benzene rings is 5. The third kappa shape index (κ3) is 7.32. The number of aliphatic hydroxyl groups is 2. The molecule has 1 aliphatic carbocycles. The molecule has 0 saturated carbocycles. The summed E-state index contributed by atoms with van der Waals surface area (Å²) in [6.45, 7) is 10.9. The van der Waals surface area contributed by atoms with Gasteiger partial charge in [0.05, 0.1) is 15.2 Å². The first-order valence-electron chi connectivity index (χ1n) is 21.3. The van der Waals surface area contributed by atoms with Gasteiger partial charge in [-0.2, -0.15) is 4.58 Å². The number of fused-ring (bicyclic) bond motifs is 6. The van der Waals surface area contributed by atoms with Gasteiger partial charge in [0.15, 0.2) is 5.71 Å². The van der Waals surface area contributed by atoms with E-state index in [0.717, 1.165) is 54.9 Å². The van der Waals surface area contributed by atoms with E-state index in [-0.39, 0.29) is 24.0 Å². The predicted octanol–water partition coefficient (Wildman–Crippen LogP) is 11.0. The molecule has 7 heteroatoms. The fraction of sp³-hybridized carbons (Fsp3) is 0.327. The highest BCUT2D eigenvalue weighted by molar-refractivity contribution is 7.95. The molecule has 2 heterocycles. The molecule has 5 aromatic rings. The summed E-state index contributed by atoms with van der Waals surface area (Å²) in [5.41, 5.74) is 8.09. The van der Waals surface area contributed by atoms with Crippen LogP contribution in [0.4, 0.5) is 11.4 Å². The van der Waals surface area contributed by atoms with Crippen molar-refractivity contribution in [1.29, 1.82) is 0 Å². The molecule has 0 aromatic heterocycles. The topological polar surface area (TPSA) is 80.8 Å². The van der Waals surface area contributed by atoms with Gasteiger partial charge in [0.1, 0.15) is 6.54 Å². The maximum Gasteiger partial charge on any atom is 0.210 e. The van der Waals surface area contributed by atoms with Gasteiger partial charge >= 0.3 is 0 Å². The van der Waals surface area contributed by atoms with Crippen LogP contribution in [0.25, 0.3) is 21.5 Å². The van der Waals surface area contributed by atoms with E-state index in [1.54, 1.807) is 24.3 Å². The van der Waals surface area contributed by atoms with E-state index in [0.29, 0.717) is 35.5 Å². The van der Waals surface area contributed by atoms with Crippen LogP contribution >= 0.6 is 0 Å². The average Bonchev–Trinajstić information content (AvgIpc) is 3.60. The molecule has 3 aliphatic rings. The third-order valence-electron chi connectivity index (χ3n) is 12.8. The molecule has 59 heavy (non-hydrogen) atoms. The predicted molar refractivity (Wildman–Crippen MR) is 244 cm³/mol. The number of sulfone groups is 1. The van der Waals surface area contributed by atoms with E-state index in [2.05, 4.69) is 134 Å². The fourth-order valence-corrected chi connectivity index (χ4v) is 11.7. The molecule has 0 bridgehead atoms. The van der Waals surface area contributed by atoms with Crippen molar-refractivity contribution in [2.75, 3.05) is 31.2 Å². The zero-order valence-corrected chi connectivity index (χ0v) is 35.7. The van der Waals surface area contributed by atoms with Crippen molar-refractivity contribution in [3.8, 4) is 0 Å². The van der Waals surface area contributed by atoms with Crippen molar-refractivity contribution in [3.05, 3.63) is 160 Å². The lowest BCUT2D eigenvalue weighted by atomic mass is 9.78. The van der Waals surface area contributed by atoms with Crippen LogP contribution in [0.1, 0.15) is 83.8 Å². The Morgan fingerprint density at radius 3 is 2.03 bits per heavy atom. The number of nitrogens with zero attached hydrogens (tertiary/aromatic N) is 2. The summed E-state index contributed by atoms with van der Waals surface area (Å²) < 4.78 is 32.3. The van der Waals surface area contributed by atoms with Crippen LogP contribution in [0, 0.1) is 0 Å². The van der Waals surface area contributed by atoms with Crippen molar-refractivity contribution in [1.82, 2.24) is 0 Å². The fourth-order valence-electron chi connectivity index (χ4n) is 9.96. The zero-order valence-electron chi connectivity index (χ0n) is 34.9. The summed E-state index contributed by atoms with van der Waals surface area (Å²) in [4.78, 5) is 3.09. The lowest BCUT2D eigenvalue weighted by Crippen LogP contribution is -2.28. The van der Waals surface area contributed by atoms with Gasteiger partial charge in [-0.25, -0.2) is 8.42 Å². The van der Waals surface area contributed by atoms with Crippen LogP contribution < -0.4 is 4.90 Å². The number of hydrogen-bond donors (Lipinski definition) is 2. The first-order valence-corrected chi connectivity index (χ1v) is 22.8. The second kappa shape index (κ2) is 16.5. The third-order valence-corrected chi connectivity index (χ3v) is 14.7. The number of anilines is 1. The summed E-state index contributed by atoms with van der Waals surface area (Å²) in [6.07, 6.45) is 13.7. The number of aliphatic hydroxyl groups excluding tert-OH is 2. The smallest absolute Gasteiger partial charge is 0.210 e. The van der Waals surface area contributed by atoms with Gasteiger partial charge in [-0.1, -0.05) is 98.8 Å². The van der Waals surface area contributed by atoms with Crippen molar-refractivity contribution in [2.45, 2.75) is 88.4 Å². The molecule has 5 aromatic carbocycles. The van der Waals surface area contributed by atoms with E-state index in [1.807, 2.05) is 6.07 Å². The van der Waals surface area contributed by atoms with Crippen molar-refractivity contribution in [2.24, 2.45) is 0 Å². The van der Waals surface area contributed by atoms with Crippen LogP contribution in [0.2, 0.25) is 0 Å². The van der Waals surface area contributed by atoms with Gasteiger partial charge in [-0.15, -0.1) is 0 Å².